The van der Waals surface area contributed by atoms with Crippen LogP contribution in [-0.2, 0) is 14.8 Å². The van der Waals surface area contributed by atoms with Crippen LogP contribution in [0.1, 0.15) is 51.4 Å². The van der Waals surface area contributed by atoms with E-state index in [1.165, 1.54) is 4.31 Å². The van der Waals surface area contributed by atoms with Crippen molar-refractivity contribution in [3.8, 4) is 0 Å². The molecule has 0 spiro atoms. The summed E-state index contributed by atoms with van der Waals surface area (Å²) in [6.45, 7) is 0.371. The van der Waals surface area contributed by atoms with E-state index in [0.717, 1.165) is 32.1 Å². The summed E-state index contributed by atoms with van der Waals surface area (Å²) in [5.74, 6) is -1.01. The van der Waals surface area contributed by atoms with E-state index >= 15 is 0 Å². The van der Waals surface area contributed by atoms with Crippen molar-refractivity contribution in [1.29, 1.82) is 0 Å². The lowest BCUT2D eigenvalue weighted by Crippen LogP contribution is -2.51. The zero-order valence-corrected chi connectivity index (χ0v) is 11.4. The van der Waals surface area contributed by atoms with Crippen LogP contribution in [-0.4, -0.2) is 41.6 Å². The Hall–Kier alpha value is -0.620. The molecule has 6 heteroatoms. The zero-order chi connectivity index (χ0) is 13.2. The van der Waals surface area contributed by atoms with E-state index in [0.29, 0.717) is 25.8 Å². The number of carbonyl (C=O) groups is 1. The van der Waals surface area contributed by atoms with Gasteiger partial charge in [0.2, 0.25) is 10.0 Å². The number of carboxylic acids is 1. The molecule has 18 heavy (non-hydrogen) atoms. The van der Waals surface area contributed by atoms with Crippen LogP contribution >= 0.6 is 0 Å². The lowest BCUT2D eigenvalue weighted by molar-refractivity contribution is -0.142. The van der Waals surface area contributed by atoms with Gasteiger partial charge in [-0.2, -0.15) is 4.31 Å². The highest BCUT2D eigenvalue weighted by atomic mass is 32.2. The highest BCUT2D eigenvalue weighted by Crippen LogP contribution is 2.30. The van der Waals surface area contributed by atoms with Gasteiger partial charge in [-0.25, -0.2) is 8.42 Å². The van der Waals surface area contributed by atoms with Crippen molar-refractivity contribution < 1.29 is 18.3 Å². The molecule has 1 saturated carbocycles. The van der Waals surface area contributed by atoms with E-state index < -0.39 is 22.0 Å². The van der Waals surface area contributed by atoms with E-state index in [1.807, 2.05) is 0 Å². The molecule has 1 N–H and O–H groups in total. The van der Waals surface area contributed by atoms with Crippen LogP contribution in [0.5, 0.6) is 0 Å². The van der Waals surface area contributed by atoms with Crippen LogP contribution in [0.2, 0.25) is 0 Å². The van der Waals surface area contributed by atoms with Gasteiger partial charge in [-0.15, -0.1) is 0 Å². The third-order valence-electron chi connectivity index (χ3n) is 4.04. The van der Waals surface area contributed by atoms with Gasteiger partial charge in [0.05, 0.1) is 5.25 Å². The van der Waals surface area contributed by atoms with Crippen molar-refractivity contribution in [2.24, 2.45) is 0 Å². The minimum absolute atomic E-state index is 0.355. The molecule has 0 aromatic rings. The Labute approximate surface area is 108 Å². The molecule has 1 saturated heterocycles. The van der Waals surface area contributed by atoms with Gasteiger partial charge in [-0.3, -0.25) is 4.79 Å². The second kappa shape index (κ2) is 5.57. The second-order valence-electron chi connectivity index (χ2n) is 5.27. The van der Waals surface area contributed by atoms with E-state index in [1.54, 1.807) is 0 Å². The fraction of sp³-hybridized carbons (Fsp3) is 0.917. The number of sulfonamides is 1. The highest BCUT2D eigenvalue weighted by Gasteiger charge is 2.40. The van der Waals surface area contributed by atoms with Crippen molar-refractivity contribution in [2.75, 3.05) is 6.54 Å². The average Bonchev–Trinajstić information content (AvgIpc) is 2.39. The van der Waals surface area contributed by atoms with E-state index in [4.69, 9.17) is 5.11 Å². The van der Waals surface area contributed by atoms with Crippen molar-refractivity contribution in [3.63, 3.8) is 0 Å². The van der Waals surface area contributed by atoms with Gasteiger partial charge in [0.15, 0.2) is 0 Å². The molecule has 2 aliphatic rings. The number of piperidine rings is 1. The molecule has 1 heterocycles. The predicted molar refractivity (Wildman–Crippen MR) is 67.8 cm³/mol. The predicted octanol–water partition coefficient (Wildman–Crippen LogP) is 1.59. The SMILES string of the molecule is O=C(O)C1CCCCN1S(=O)(=O)C1CCCCC1. The minimum atomic E-state index is -3.43. The molecule has 2 rings (SSSR count). The maximum atomic E-state index is 12.5. The molecule has 1 unspecified atom stereocenters. The summed E-state index contributed by atoms with van der Waals surface area (Å²) in [7, 11) is -3.43. The van der Waals surface area contributed by atoms with Gasteiger partial charge in [0, 0.05) is 6.54 Å². The molecular weight excluding hydrogens is 254 g/mol. The molecule has 0 aromatic carbocycles. The molecule has 1 aliphatic carbocycles. The average molecular weight is 275 g/mol. The Morgan fingerprint density at radius 2 is 1.61 bits per heavy atom. The van der Waals surface area contributed by atoms with Crippen molar-refractivity contribution in [2.45, 2.75) is 62.7 Å². The summed E-state index contributed by atoms with van der Waals surface area (Å²) in [5, 5.41) is 8.81. The Bertz CT molecular complexity index is 400. The molecule has 1 atom stereocenters. The third-order valence-corrected chi connectivity index (χ3v) is 6.44. The Kier molecular flexibility index (Phi) is 4.27. The molecule has 0 bridgehead atoms. The monoisotopic (exact) mass is 275 g/mol. The number of hydrogen-bond acceptors (Lipinski definition) is 3. The number of carboxylic acid groups (broad SMARTS) is 1. The maximum absolute atomic E-state index is 12.5. The quantitative estimate of drug-likeness (QED) is 0.848. The first-order valence-corrected chi connectivity index (χ1v) is 8.27. The fourth-order valence-corrected chi connectivity index (χ4v) is 5.26. The lowest BCUT2D eigenvalue weighted by Gasteiger charge is -2.35. The third kappa shape index (κ3) is 2.69. The van der Waals surface area contributed by atoms with Gasteiger partial charge >= 0.3 is 5.97 Å². The van der Waals surface area contributed by atoms with E-state index in [2.05, 4.69) is 0 Å². The van der Waals surface area contributed by atoms with Crippen LogP contribution in [0.4, 0.5) is 0 Å². The molecule has 0 aromatic heterocycles. The van der Waals surface area contributed by atoms with Crippen molar-refractivity contribution >= 4 is 16.0 Å². The van der Waals surface area contributed by atoms with Crippen molar-refractivity contribution in [1.82, 2.24) is 4.31 Å². The smallest absolute Gasteiger partial charge is 0.322 e. The highest BCUT2D eigenvalue weighted by molar-refractivity contribution is 7.89. The molecular formula is C12H21NO4S. The van der Waals surface area contributed by atoms with Crippen LogP contribution in [0.3, 0.4) is 0 Å². The summed E-state index contributed by atoms with van der Waals surface area (Å²) in [6.07, 6.45) is 6.36. The largest absolute Gasteiger partial charge is 0.480 e. The Balaban J connectivity index is 2.18. The molecule has 104 valence electrons. The summed E-state index contributed by atoms with van der Waals surface area (Å²) >= 11 is 0. The topological polar surface area (TPSA) is 74.7 Å². The van der Waals surface area contributed by atoms with Crippen LogP contribution in [0, 0.1) is 0 Å². The first kappa shape index (κ1) is 13.8. The molecule has 5 nitrogen and oxygen atoms in total. The number of hydrogen-bond donors (Lipinski definition) is 1. The molecule has 0 amide bonds. The fourth-order valence-electron chi connectivity index (χ4n) is 3.01. The first-order valence-electron chi connectivity index (χ1n) is 6.77. The van der Waals surface area contributed by atoms with Gasteiger partial charge in [-0.05, 0) is 32.1 Å². The molecule has 0 radical (unpaired) electrons. The normalized spacial score (nSPS) is 28.1. The van der Waals surface area contributed by atoms with E-state index in [9.17, 15) is 13.2 Å². The van der Waals surface area contributed by atoms with E-state index in [-0.39, 0.29) is 5.25 Å². The van der Waals surface area contributed by atoms with Crippen LogP contribution < -0.4 is 0 Å². The van der Waals surface area contributed by atoms with Gasteiger partial charge in [0.1, 0.15) is 6.04 Å². The zero-order valence-electron chi connectivity index (χ0n) is 10.5. The Morgan fingerprint density at radius 3 is 2.22 bits per heavy atom. The molecule has 1 aliphatic heterocycles. The lowest BCUT2D eigenvalue weighted by atomic mass is 10.0. The van der Waals surface area contributed by atoms with Crippen LogP contribution in [0.25, 0.3) is 0 Å². The molecule has 2 fully saturated rings. The summed E-state index contributed by atoms with van der Waals surface area (Å²) in [4.78, 5) is 11.2. The second-order valence-corrected chi connectivity index (χ2v) is 7.43. The number of rotatable bonds is 3. The number of nitrogens with zero attached hydrogens (tertiary/aromatic N) is 1. The summed E-state index contributed by atoms with van der Waals surface area (Å²) in [5.41, 5.74) is 0. The summed E-state index contributed by atoms with van der Waals surface area (Å²) < 4.78 is 26.3. The van der Waals surface area contributed by atoms with Gasteiger partial charge < -0.3 is 5.11 Å². The first-order chi connectivity index (χ1) is 8.53. The summed E-state index contributed by atoms with van der Waals surface area (Å²) in [6, 6.07) is -0.842. The Morgan fingerprint density at radius 1 is 1.00 bits per heavy atom. The number of aliphatic carboxylic acids is 1. The maximum Gasteiger partial charge on any atom is 0.322 e. The standard InChI is InChI=1S/C12H21NO4S/c14-12(15)11-8-4-5-9-13(11)18(16,17)10-6-2-1-3-7-10/h10-11H,1-9H2,(H,14,15). The minimum Gasteiger partial charge on any atom is -0.480 e. The van der Waals surface area contributed by atoms with Gasteiger partial charge in [-0.1, -0.05) is 19.3 Å². The van der Waals surface area contributed by atoms with Crippen LogP contribution in [0.15, 0.2) is 0 Å². The van der Waals surface area contributed by atoms with Gasteiger partial charge in [0.25, 0.3) is 0 Å². The van der Waals surface area contributed by atoms with Crippen molar-refractivity contribution in [3.05, 3.63) is 0 Å².